The third-order valence-electron chi connectivity index (χ3n) is 3.60. The summed E-state index contributed by atoms with van der Waals surface area (Å²) in [5.74, 6) is 0.0112. The molecule has 0 saturated carbocycles. The molecule has 2 aromatic rings. The number of pyridine rings is 1. The van der Waals surface area contributed by atoms with Gasteiger partial charge in [0.2, 0.25) is 0 Å². The Bertz CT molecular complexity index is 631. The Morgan fingerprint density at radius 2 is 2.21 bits per heavy atom. The van der Waals surface area contributed by atoms with Crippen LogP contribution in [0, 0.1) is 6.92 Å². The lowest BCUT2D eigenvalue weighted by molar-refractivity contribution is 0.0958. The van der Waals surface area contributed by atoms with Crippen LogP contribution in [-0.4, -0.2) is 10.8 Å². The monoisotopic (exact) mass is 271 g/mol. The minimum absolute atomic E-state index is 0.117. The van der Waals surface area contributed by atoms with E-state index in [0.29, 0.717) is 10.6 Å². The number of fused-ring (bicyclic) bond motifs is 1. The van der Waals surface area contributed by atoms with Gasteiger partial charge in [-0.15, -0.1) is 0 Å². The SMILES string of the molecule is Cc1cc(Cl)cc(C(=O)C2CCc3cccnc32)c1. The number of aromatic nitrogens is 1. The van der Waals surface area contributed by atoms with Gasteiger partial charge in [-0.3, -0.25) is 9.78 Å². The molecular weight excluding hydrogens is 258 g/mol. The molecule has 1 aromatic carbocycles. The van der Waals surface area contributed by atoms with Crippen LogP contribution in [0.5, 0.6) is 0 Å². The number of ketones is 1. The van der Waals surface area contributed by atoms with Gasteiger partial charge in [-0.2, -0.15) is 0 Å². The lowest BCUT2D eigenvalue weighted by Gasteiger charge is -2.10. The second kappa shape index (κ2) is 4.78. The van der Waals surface area contributed by atoms with Crippen LogP contribution in [0.4, 0.5) is 0 Å². The molecule has 19 heavy (non-hydrogen) atoms. The number of carbonyl (C=O) groups is 1. The summed E-state index contributed by atoms with van der Waals surface area (Å²) in [6, 6.07) is 9.49. The van der Waals surface area contributed by atoms with Gasteiger partial charge >= 0.3 is 0 Å². The summed E-state index contributed by atoms with van der Waals surface area (Å²) in [6.07, 6.45) is 3.53. The van der Waals surface area contributed by atoms with Crippen molar-refractivity contribution in [3.8, 4) is 0 Å². The first-order valence-electron chi connectivity index (χ1n) is 6.40. The Morgan fingerprint density at radius 3 is 3.00 bits per heavy atom. The summed E-state index contributed by atoms with van der Waals surface area (Å²) in [5.41, 5.74) is 3.83. The number of benzene rings is 1. The maximum absolute atomic E-state index is 12.6. The highest BCUT2D eigenvalue weighted by molar-refractivity contribution is 6.31. The molecule has 1 unspecified atom stereocenters. The molecule has 3 heteroatoms. The first kappa shape index (κ1) is 12.4. The van der Waals surface area contributed by atoms with Crippen molar-refractivity contribution in [2.24, 2.45) is 0 Å². The Labute approximate surface area is 117 Å². The molecule has 1 aliphatic rings. The highest BCUT2D eigenvalue weighted by Crippen LogP contribution is 2.34. The first-order valence-corrected chi connectivity index (χ1v) is 6.78. The minimum atomic E-state index is -0.117. The average molecular weight is 272 g/mol. The van der Waals surface area contributed by atoms with Gasteiger partial charge in [0, 0.05) is 16.8 Å². The van der Waals surface area contributed by atoms with Gasteiger partial charge in [-0.25, -0.2) is 0 Å². The number of carbonyl (C=O) groups excluding carboxylic acids is 1. The molecule has 1 aliphatic carbocycles. The van der Waals surface area contributed by atoms with Crippen LogP contribution in [0.15, 0.2) is 36.5 Å². The van der Waals surface area contributed by atoms with Gasteiger partial charge < -0.3 is 0 Å². The summed E-state index contributed by atoms with van der Waals surface area (Å²) in [7, 11) is 0. The minimum Gasteiger partial charge on any atom is -0.293 e. The third kappa shape index (κ3) is 2.28. The van der Waals surface area contributed by atoms with Crippen LogP contribution in [0.3, 0.4) is 0 Å². The van der Waals surface area contributed by atoms with Crippen LogP contribution in [0.2, 0.25) is 5.02 Å². The largest absolute Gasteiger partial charge is 0.293 e. The van der Waals surface area contributed by atoms with E-state index in [9.17, 15) is 4.79 Å². The Hall–Kier alpha value is -1.67. The molecule has 96 valence electrons. The number of Topliss-reactive ketones (excluding diaryl/α,β-unsaturated/α-hetero) is 1. The maximum atomic E-state index is 12.6. The Kier molecular flexibility index (Phi) is 3.11. The second-order valence-corrected chi connectivity index (χ2v) is 5.46. The molecule has 1 heterocycles. The van der Waals surface area contributed by atoms with Gasteiger partial charge in [0.1, 0.15) is 0 Å². The van der Waals surface area contributed by atoms with Crippen LogP contribution in [0.1, 0.15) is 39.5 Å². The molecule has 0 N–H and O–H groups in total. The lowest BCUT2D eigenvalue weighted by atomic mass is 9.94. The molecule has 0 fully saturated rings. The molecule has 0 saturated heterocycles. The number of hydrogen-bond acceptors (Lipinski definition) is 2. The van der Waals surface area contributed by atoms with Crippen molar-refractivity contribution in [1.29, 1.82) is 0 Å². The van der Waals surface area contributed by atoms with E-state index in [1.807, 2.05) is 25.1 Å². The highest BCUT2D eigenvalue weighted by Gasteiger charge is 2.30. The summed E-state index contributed by atoms with van der Waals surface area (Å²) < 4.78 is 0. The molecule has 1 atom stereocenters. The summed E-state index contributed by atoms with van der Waals surface area (Å²) in [5, 5.41) is 0.614. The van der Waals surface area contributed by atoms with Crippen molar-refractivity contribution in [3.05, 3.63) is 63.9 Å². The topological polar surface area (TPSA) is 30.0 Å². The average Bonchev–Trinajstić information content (AvgIpc) is 2.80. The molecule has 0 spiro atoms. The van der Waals surface area contributed by atoms with Crippen molar-refractivity contribution in [2.75, 3.05) is 0 Å². The fourth-order valence-corrected chi connectivity index (χ4v) is 3.04. The van der Waals surface area contributed by atoms with Crippen molar-refractivity contribution in [2.45, 2.75) is 25.7 Å². The molecule has 0 radical (unpaired) electrons. The van der Waals surface area contributed by atoms with Crippen LogP contribution < -0.4 is 0 Å². The molecular formula is C16H14ClNO. The Morgan fingerprint density at radius 1 is 1.37 bits per heavy atom. The zero-order valence-electron chi connectivity index (χ0n) is 10.7. The predicted octanol–water partition coefficient (Wildman–Crippen LogP) is 3.96. The van der Waals surface area contributed by atoms with E-state index < -0.39 is 0 Å². The van der Waals surface area contributed by atoms with Gasteiger partial charge in [-0.05, 0) is 55.2 Å². The van der Waals surface area contributed by atoms with Crippen molar-refractivity contribution in [1.82, 2.24) is 4.98 Å². The highest BCUT2D eigenvalue weighted by atomic mass is 35.5. The van der Waals surface area contributed by atoms with E-state index in [1.165, 1.54) is 5.56 Å². The molecule has 0 bridgehead atoms. The van der Waals surface area contributed by atoms with Crippen molar-refractivity contribution < 1.29 is 4.79 Å². The zero-order chi connectivity index (χ0) is 13.4. The first-order chi connectivity index (χ1) is 9.15. The molecule has 1 aromatic heterocycles. The number of rotatable bonds is 2. The van der Waals surface area contributed by atoms with Crippen molar-refractivity contribution >= 4 is 17.4 Å². The smallest absolute Gasteiger partial charge is 0.171 e. The van der Waals surface area contributed by atoms with E-state index in [-0.39, 0.29) is 11.7 Å². The lowest BCUT2D eigenvalue weighted by Crippen LogP contribution is -2.11. The maximum Gasteiger partial charge on any atom is 0.171 e. The number of aryl methyl sites for hydroxylation is 2. The Balaban J connectivity index is 1.98. The molecule has 0 aliphatic heterocycles. The summed E-state index contributed by atoms with van der Waals surface area (Å²) >= 11 is 6.03. The van der Waals surface area contributed by atoms with Gasteiger partial charge in [0.25, 0.3) is 0 Å². The fraction of sp³-hybridized carbons (Fsp3) is 0.250. The van der Waals surface area contributed by atoms with Gasteiger partial charge in [0.05, 0.1) is 11.6 Å². The predicted molar refractivity (Wildman–Crippen MR) is 75.8 cm³/mol. The molecule has 0 amide bonds. The number of halogens is 1. The van der Waals surface area contributed by atoms with Gasteiger partial charge in [0.15, 0.2) is 5.78 Å². The second-order valence-electron chi connectivity index (χ2n) is 5.02. The van der Waals surface area contributed by atoms with E-state index in [4.69, 9.17) is 11.6 Å². The standard InChI is InChI=1S/C16H14ClNO/c1-10-7-12(9-13(17)8-10)16(19)14-5-4-11-3-2-6-18-15(11)14/h2-3,6-9,14H,4-5H2,1H3. The summed E-state index contributed by atoms with van der Waals surface area (Å²) in [4.78, 5) is 17.0. The zero-order valence-corrected chi connectivity index (χ0v) is 11.4. The van der Waals surface area contributed by atoms with Crippen LogP contribution in [0.25, 0.3) is 0 Å². The van der Waals surface area contributed by atoms with Gasteiger partial charge in [-0.1, -0.05) is 17.7 Å². The number of hydrogen-bond donors (Lipinski definition) is 0. The number of nitrogens with zero attached hydrogens (tertiary/aromatic N) is 1. The van der Waals surface area contributed by atoms with Crippen LogP contribution >= 0.6 is 11.6 Å². The molecule has 3 rings (SSSR count). The van der Waals surface area contributed by atoms with E-state index in [2.05, 4.69) is 11.1 Å². The van der Waals surface area contributed by atoms with Crippen LogP contribution in [-0.2, 0) is 6.42 Å². The third-order valence-corrected chi connectivity index (χ3v) is 3.82. The van der Waals surface area contributed by atoms with E-state index in [0.717, 1.165) is 24.1 Å². The molecule has 2 nitrogen and oxygen atoms in total. The quantitative estimate of drug-likeness (QED) is 0.774. The fourth-order valence-electron chi connectivity index (χ4n) is 2.75. The summed E-state index contributed by atoms with van der Waals surface area (Å²) in [6.45, 7) is 1.95. The van der Waals surface area contributed by atoms with E-state index >= 15 is 0 Å². The normalized spacial score (nSPS) is 17.3. The van der Waals surface area contributed by atoms with E-state index in [1.54, 1.807) is 12.3 Å². The van der Waals surface area contributed by atoms with Crippen molar-refractivity contribution in [3.63, 3.8) is 0 Å².